The zero-order valence-corrected chi connectivity index (χ0v) is 14.6. The number of benzene rings is 1. The van der Waals surface area contributed by atoms with Crippen molar-refractivity contribution in [3.63, 3.8) is 0 Å². The van der Waals surface area contributed by atoms with Crippen LogP contribution in [0.2, 0.25) is 0 Å². The fourth-order valence-corrected chi connectivity index (χ4v) is 3.68. The lowest BCUT2D eigenvalue weighted by Gasteiger charge is -2.12. The van der Waals surface area contributed by atoms with Gasteiger partial charge >= 0.3 is 0 Å². The summed E-state index contributed by atoms with van der Waals surface area (Å²) in [5.41, 5.74) is 1.05. The van der Waals surface area contributed by atoms with Gasteiger partial charge in [0.25, 0.3) is 5.91 Å². The minimum atomic E-state index is -3.70. The maximum atomic E-state index is 12.4. The number of carbonyl (C=O) groups excluding carboxylic acids is 1. The van der Waals surface area contributed by atoms with E-state index in [9.17, 15) is 13.2 Å². The number of hydrogen-bond donors (Lipinski definition) is 3. The molecule has 3 N–H and O–H groups in total. The van der Waals surface area contributed by atoms with Crippen molar-refractivity contribution < 1.29 is 17.9 Å². The molecule has 0 aliphatic carbocycles. The molecule has 2 aromatic rings. The van der Waals surface area contributed by atoms with Crippen LogP contribution < -0.4 is 10.0 Å². The van der Waals surface area contributed by atoms with E-state index in [1.807, 2.05) is 6.92 Å². The van der Waals surface area contributed by atoms with E-state index in [1.54, 1.807) is 12.1 Å². The number of nitrogens with one attached hydrogen (secondary N) is 3. The van der Waals surface area contributed by atoms with Gasteiger partial charge in [0.1, 0.15) is 0 Å². The zero-order valence-electron chi connectivity index (χ0n) is 13.8. The Labute approximate surface area is 146 Å². The maximum Gasteiger partial charge on any atom is 0.256 e. The van der Waals surface area contributed by atoms with Gasteiger partial charge in [-0.1, -0.05) is 6.07 Å². The molecule has 0 bridgehead atoms. The van der Waals surface area contributed by atoms with Crippen LogP contribution >= 0.6 is 0 Å². The predicted molar refractivity (Wildman–Crippen MR) is 91.9 cm³/mol. The molecular formula is C16H20N4O4S. The van der Waals surface area contributed by atoms with Crippen molar-refractivity contribution in [3.05, 3.63) is 41.6 Å². The summed E-state index contributed by atoms with van der Waals surface area (Å²) in [5, 5.41) is 9.26. The van der Waals surface area contributed by atoms with Crippen molar-refractivity contribution in [2.24, 2.45) is 0 Å². The van der Waals surface area contributed by atoms with E-state index in [1.165, 1.54) is 18.2 Å². The predicted octanol–water partition coefficient (Wildman–Crippen LogP) is 1.43. The van der Waals surface area contributed by atoms with Crippen LogP contribution in [0.4, 0.5) is 5.82 Å². The first-order chi connectivity index (χ1) is 11.9. The normalized spacial score (nSPS) is 17.6. The number of sulfonamides is 1. The third-order valence-corrected chi connectivity index (χ3v) is 5.30. The van der Waals surface area contributed by atoms with Crippen LogP contribution in [-0.4, -0.2) is 43.8 Å². The summed E-state index contributed by atoms with van der Waals surface area (Å²) in [6.07, 6.45) is 1.69. The Morgan fingerprint density at radius 2 is 2.24 bits per heavy atom. The van der Waals surface area contributed by atoms with Gasteiger partial charge in [0.05, 0.1) is 11.0 Å². The number of aryl methyl sites for hydroxylation is 1. The monoisotopic (exact) mass is 364 g/mol. The summed E-state index contributed by atoms with van der Waals surface area (Å²) in [4.78, 5) is 12.3. The number of aromatic nitrogens is 2. The first kappa shape index (κ1) is 17.6. The van der Waals surface area contributed by atoms with Gasteiger partial charge in [0.2, 0.25) is 10.0 Å². The van der Waals surface area contributed by atoms with Crippen LogP contribution in [0.3, 0.4) is 0 Å². The number of hydrogen-bond acceptors (Lipinski definition) is 5. The first-order valence-electron chi connectivity index (χ1n) is 7.99. The second kappa shape index (κ2) is 7.34. The fraction of sp³-hybridized carbons (Fsp3) is 0.375. The van der Waals surface area contributed by atoms with E-state index in [4.69, 9.17) is 4.74 Å². The molecule has 0 radical (unpaired) electrons. The van der Waals surface area contributed by atoms with Gasteiger partial charge in [0.15, 0.2) is 5.82 Å². The molecule has 0 saturated carbocycles. The molecule has 1 aromatic carbocycles. The number of aromatic amines is 1. The van der Waals surface area contributed by atoms with E-state index in [0.717, 1.165) is 18.5 Å². The van der Waals surface area contributed by atoms with Crippen LogP contribution in [0, 0.1) is 6.92 Å². The molecule has 0 spiro atoms. The van der Waals surface area contributed by atoms with Gasteiger partial charge < -0.3 is 10.1 Å². The largest absolute Gasteiger partial charge is 0.377 e. The van der Waals surface area contributed by atoms with Crippen molar-refractivity contribution in [3.8, 4) is 0 Å². The molecule has 0 unspecified atom stereocenters. The van der Waals surface area contributed by atoms with E-state index < -0.39 is 15.9 Å². The van der Waals surface area contributed by atoms with Crippen molar-refractivity contribution in [2.45, 2.75) is 30.8 Å². The SMILES string of the molecule is Cc1cc(NC(=O)c2cccc(S(=O)(=O)NC[C@@H]3CCCO3)c2)n[nH]1. The molecule has 8 nitrogen and oxygen atoms in total. The standard InChI is InChI=1S/C16H20N4O4S/c1-11-8-15(20-19-11)18-16(21)12-4-2-6-14(9-12)25(22,23)17-10-13-5-3-7-24-13/h2,4,6,8-9,13,17H,3,5,7,10H2,1H3,(H2,18,19,20,21)/t13-/m0/s1. The first-order valence-corrected chi connectivity index (χ1v) is 9.47. The molecular weight excluding hydrogens is 344 g/mol. The topological polar surface area (TPSA) is 113 Å². The molecule has 1 saturated heterocycles. The molecule has 1 aliphatic heterocycles. The molecule has 2 heterocycles. The van der Waals surface area contributed by atoms with E-state index in [2.05, 4.69) is 20.2 Å². The summed E-state index contributed by atoms with van der Waals surface area (Å²) in [6.45, 7) is 2.70. The van der Waals surface area contributed by atoms with Crippen molar-refractivity contribution >= 4 is 21.7 Å². The minimum absolute atomic E-state index is 0.0383. The molecule has 1 aromatic heterocycles. The Balaban J connectivity index is 1.70. The molecule has 9 heteroatoms. The summed E-state index contributed by atoms with van der Waals surface area (Å²) in [5.74, 6) is -0.0463. The maximum absolute atomic E-state index is 12.4. The number of rotatable bonds is 6. The smallest absolute Gasteiger partial charge is 0.256 e. The fourth-order valence-electron chi connectivity index (χ4n) is 2.57. The second-order valence-corrected chi connectivity index (χ2v) is 7.67. The quantitative estimate of drug-likeness (QED) is 0.718. The third-order valence-electron chi connectivity index (χ3n) is 3.88. The highest BCUT2D eigenvalue weighted by atomic mass is 32.2. The van der Waals surface area contributed by atoms with E-state index in [-0.39, 0.29) is 23.1 Å². The zero-order chi connectivity index (χ0) is 17.9. The highest BCUT2D eigenvalue weighted by Crippen LogP contribution is 2.15. The van der Waals surface area contributed by atoms with Crippen LogP contribution in [0.25, 0.3) is 0 Å². The van der Waals surface area contributed by atoms with Gasteiger partial charge in [-0.25, -0.2) is 13.1 Å². The molecule has 1 fully saturated rings. The van der Waals surface area contributed by atoms with Crippen molar-refractivity contribution in [1.82, 2.24) is 14.9 Å². The average molecular weight is 364 g/mol. The summed E-state index contributed by atoms with van der Waals surface area (Å²) >= 11 is 0. The van der Waals surface area contributed by atoms with Gasteiger partial charge in [-0.2, -0.15) is 5.10 Å². The molecule has 134 valence electrons. The van der Waals surface area contributed by atoms with Gasteiger partial charge in [0, 0.05) is 30.5 Å². The third kappa shape index (κ3) is 4.44. The van der Waals surface area contributed by atoms with E-state index in [0.29, 0.717) is 12.4 Å². The van der Waals surface area contributed by atoms with Crippen LogP contribution in [-0.2, 0) is 14.8 Å². The number of nitrogens with zero attached hydrogens (tertiary/aromatic N) is 1. The van der Waals surface area contributed by atoms with Crippen LogP contribution in [0.15, 0.2) is 35.2 Å². The number of ether oxygens (including phenoxy) is 1. The van der Waals surface area contributed by atoms with Gasteiger partial charge in [-0.15, -0.1) is 0 Å². The van der Waals surface area contributed by atoms with Gasteiger partial charge in [-0.05, 0) is 38.0 Å². The number of amides is 1. The second-order valence-electron chi connectivity index (χ2n) is 5.91. The summed E-state index contributed by atoms with van der Waals surface area (Å²) in [6, 6.07) is 7.56. The lowest BCUT2D eigenvalue weighted by Crippen LogP contribution is -2.32. The Morgan fingerprint density at radius 1 is 1.40 bits per heavy atom. The highest BCUT2D eigenvalue weighted by molar-refractivity contribution is 7.89. The Kier molecular flexibility index (Phi) is 5.16. The Hall–Kier alpha value is -2.23. The van der Waals surface area contributed by atoms with Gasteiger partial charge in [-0.3, -0.25) is 9.89 Å². The highest BCUT2D eigenvalue weighted by Gasteiger charge is 2.21. The number of carbonyl (C=O) groups is 1. The lowest BCUT2D eigenvalue weighted by molar-refractivity contribution is 0.102. The molecule has 1 aliphatic rings. The molecule has 1 atom stereocenters. The summed E-state index contributed by atoms with van der Waals surface area (Å²) in [7, 11) is -3.70. The summed E-state index contributed by atoms with van der Waals surface area (Å²) < 4.78 is 32.8. The number of anilines is 1. The minimum Gasteiger partial charge on any atom is -0.377 e. The van der Waals surface area contributed by atoms with Crippen molar-refractivity contribution in [2.75, 3.05) is 18.5 Å². The molecule has 1 amide bonds. The molecule has 3 rings (SSSR count). The van der Waals surface area contributed by atoms with E-state index >= 15 is 0 Å². The lowest BCUT2D eigenvalue weighted by atomic mass is 10.2. The Bertz CT molecular complexity index is 857. The number of H-pyrrole nitrogens is 1. The Morgan fingerprint density at radius 3 is 2.92 bits per heavy atom. The van der Waals surface area contributed by atoms with Crippen LogP contribution in [0.1, 0.15) is 28.9 Å². The molecule has 25 heavy (non-hydrogen) atoms. The van der Waals surface area contributed by atoms with Crippen LogP contribution in [0.5, 0.6) is 0 Å². The van der Waals surface area contributed by atoms with Crippen molar-refractivity contribution in [1.29, 1.82) is 0 Å². The average Bonchev–Trinajstić information content (AvgIpc) is 3.25.